The van der Waals surface area contributed by atoms with Crippen molar-refractivity contribution in [3.05, 3.63) is 48.7 Å². The first-order chi connectivity index (χ1) is 15.1. The van der Waals surface area contributed by atoms with Crippen LogP contribution in [0.5, 0.6) is 5.75 Å². The smallest absolute Gasteiger partial charge is 0.243 e. The van der Waals surface area contributed by atoms with E-state index in [-0.39, 0.29) is 4.90 Å². The summed E-state index contributed by atoms with van der Waals surface area (Å²) in [5, 5.41) is 12.2. The van der Waals surface area contributed by atoms with E-state index in [0.717, 1.165) is 27.6 Å². The van der Waals surface area contributed by atoms with Crippen LogP contribution in [0.1, 0.15) is 0 Å². The number of H-pyrrole nitrogens is 1. The lowest BCUT2D eigenvalue weighted by Crippen LogP contribution is -2.40. The summed E-state index contributed by atoms with van der Waals surface area (Å²) >= 11 is 0. The van der Waals surface area contributed by atoms with Crippen LogP contribution in [-0.2, 0) is 14.8 Å². The van der Waals surface area contributed by atoms with Crippen LogP contribution < -0.4 is 10.1 Å². The van der Waals surface area contributed by atoms with Gasteiger partial charge in [-0.15, -0.1) is 0 Å². The molecular formula is C21H21N5O4S. The maximum Gasteiger partial charge on any atom is 0.243 e. The molecule has 4 aromatic rings. The van der Waals surface area contributed by atoms with Crippen molar-refractivity contribution in [2.24, 2.45) is 0 Å². The number of aromatic amines is 1. The molecule has 0 aliphatic carbocycles. The predicted molar refractivity (Wildman–Crippen MR) is 117 cm³/mol. The molecule has 0 bridgehead atoms. The molecule has 0 amide bonds. The molecule has 0 radical (unpaired) electrons. The molecule has 3 heterocycles. The average Bonchev–Trinajstić information content (AvgIpc) is 3.30. The van der Waals surface area contributed by atoms with Gasteiger partial charge in [0.15, 0.2) is 5.82 Å². The second-order valence-electron chi connectivity index (χ2n) is 7.17. The van der Waals surface area contributed by atoms with Crippen molar-refractivity contribution in [1.82, 2.24) is 19.5 Å². The zero-order valence-electron chi connectivity index (χ0n) is 16.8. The van der Waals surface area contributed by atoms with Crippen molar-refractivity contribution < 1.29 is 17.9 Å². The number of sulfonamides is 1. The maximum absolute atomic E-state index is 13.0. The first-order valence-corrected chi connectivity index (χ1v) is 11.3. The summed E-state index contributed by atoms with van der Waals surface area (Å²) < 4.78 is 38.0. The van der Waals surface area contributed by atoms with Crippen LogP contribution in [0.15, 0.2) is 53.6 Å². The van der Waals surface area contributed by atoms with Crippen LogP contribution in [0.25, 0.3) is 21.8 Å². The molecule has 5 rings (SSSR count). The van der Waals surface area contributed by atoms with Gasteiger partial charge in [0.25, 0.3) is 0 Å². The van der Waals surface area contributed by atoms with Crippen molar-refractivity contribution in [2.45, 2.75) is 4.90 Å². The van der Waals surface area contributed by atoms with Crippen LogP contribution in [0.3, 0.4) is 0 Å². The molecule has 2 aromatic carbocycles. The molecule has 2 aromatic heterocycles. The highest BCUT2D eigenvalue weighted by Gasteiger charge is 2.26. The van der Waals surface area contributed by atoms with E-state index in [0.29, 0.717) is 37.8 Å². The Balaban J connectivity index is 1.53. The number of rotatable bonds is 5. The van der Waals surface area contributed by atoms with Crippen LogP contribution in [0.2, 0.25) is 0 Å². The Hall–Kier alpha value is -3.21. The van der Waals surface area contributed by atoms with Crippen molar-refractivity contribution >= 4 is 43.3 Å². The van der Waals surface area contributed by atoms with E-state index in [2.05, 4.69) is 15.5 Å². The third kappa shape index (κ3) is 3.58. The summed E-state index contributed by atoms with van der Waals surface area (Å²) in [5.41, 5.74) is 2.11. The molecule has 0 saturated carbocycles. The van der Waals surface area contributed by atoms with E-state index in [1.54, 1.807) is 37.6 Å². The number of ether oxygens (including phenoxy) is 2. The maximum atomic E-state index is 13.0. The lowest BCUT2D eigenvalue weighted by atomic mass is 10.1. The summed E-state index contributed by atoms with van der Waals surface area (Å²) in [6, 6.07) is 12.4. The third-order valence-corrected chi connectivity index (χ3v) is 7.20. The van der Waals surface area contributed by atoms with Crippen LogP contribution in [-0.4, -0.2) is 61.3 Å². The van der Waals surface area contributed by atoms with E-state index in [9.17, 15) is 8.42 Å². The number of anilines is 2. The minimum Gasteiger partial charge on any atom is -0.497 e. The SMILES string of the molecule is COc1ccc2nc(Nc3cccc(S(=O)(=O)N4CCOCC4)c3)c3[nH]ncc3c2c1. The van der Waals surface area contributed by atoms with Gasteiger partial charge in [-0.25, -0.2) is 13.4 Å². The molecule has 9 nitrogen and oxygen atoms in total. The normalized spacial score (nSPS) is 15.4. The van der Waals surface area contributed by atoms with Gasteiger partial charge >= 0.3 is 0 Å². The number of nitrogens with zero attached hydrogens (tertiary/aromatic N) is 3. The minimum atomic E-state index is -3.59. The lowest BCUT2D eigenvalue weighted by Gasteiger charge is -2.26. The fourth-order valence-corrected chi connectivity index (χ4v) is 5.15. The summed E-state index contributed by atoms with van der Waals surface area (Å²) in [7, 11) is -1.97. The van der Waals surface area contributed by atoms with Gasteiger partial charge in [0.1, 0.15) is 11.3 Å². The van der Waals surface area contributed by atoms with Gasteiger partial charge in [-0.2, -0.15) is 9.40 Å². The molecule has 1 aliphatic rings. The zero-order chi connectivity index (χ0) is 21.4. The molecule has 0 atom stereocenters. The Morgan fingerprint density at radius 3 is 2.77 bits per heavy atom. The minimum absolute atomic E-state index is 0.228. The second kappa shape index (κ2) is 7.80. The number of fused-ring (bicyclic) bond motifs is 3. The number of benzene rings is 2. The van der Waals surface area contributed by atoms with Gasteiger partial charge < -0.3 is 14.8 Å². The van der Waals surface area contributed by atoms with E-state index < -0.39 is 10.0 Å². The van der Waals surface area contributed by atoms with Crippen LogP contribution >= 0.6 is 0 Å². The van der Waals surface area contributed by atoms with Crippen LogP contribution in [0.4, 0.5) is 11.5 Å². The topological polar surface area (TPSA) is 109 Å². The summed E-state index contributed by atoms with van der Waals surface area (Å²) in [5.74, 6) is 1.30. The van der Waals surface area contributed by atoms with Gasteiger partial charge in [-0.05, 0) is 36.4 Å². The number of nitrogens with one attached hydrogen (secondary N) is 2. The summed E-state index contributed by atoms with van der Waals surface area (Å²) in [6.45, 7) is 1.51. The lowest BCUT2D eigenvalue weighted by molar-refractivity contribution is 0.0730. The van der Waals surface area contributed by atoms with E-state index in [1.165, 1.54) is 4.31 Å². The van der Waals surface area contributed by atoms with Crippen molar-refractivity contribution in [3.63, 3.8) is 0 Å². The summed E-state index contributed by atoms with van der Waals surface area (Å²) in [4.78, 5) is 4.94. The van der Waals surface area contributed by atoms with Crippen molar-refractivity contribution in [3.8, 4) is 5.75 Å². The molecule has 1 fully saturated rings. The van der Waals surface area contributed by atoms with E-state index in [4.69, 9.17) is 14.5 Å². The molecule has 1 saturated heterocycles. The van der Waals surface area contributed by atoms with Gasteiger partial charge in [0.2, 0.25) is 10.0 Å². The average molecular weight is 439 g/mol. The highest BCUT2D eigenvalue weighted by atomic mass is 32.2. The largest absolute Gasteiger partial charge is 0.497 e. The molecular weight excluding hydrogens is 418 g/mol. The Labute approximate surface area is 179 Å². The Morgan fingerprint density at radius 2 is 1.97 bits per heavy atom. The molecule has 1 aliphatic heterocycles. The molecule has 0 unspecified atom stereocenters. The number of hydrogen-bond donors (Lipinski definition) is 2. The number of hydrogen-bond acceptors (Lipinski definition) is 7. The number of methoxy groups -OCH3 is 1. The Morgan fingerprint density at radius 1 is 1.13 bits per heavy atom. The highest BCUT2D eigenvalue weighted by molar-refractivity contribution is 7.89. The quantitative estimate of drug-likeness (QED) is 0.492. The summed E-state index contributed by atoms with van der Waals surface area (Å²) in [6.07, 6.45) is 1.74. The van der Waals surface area contributed by atoms with Gasteiger partial charge in [0, 0.05) is 29.5 Å². The standard InChI is InChI=1S/C21H21N5O4S/c1-29-15-5-6-19-17(12-15)18-13-22-25-20(18)21(24-19)23-14-3-2-4-16(11-14)31(27,28)26-7-9-30-10-8-26/h2-6,11-13H,7-10H2,1H3,(H,22,25)(H,23,24). The fraction of sp³-hybridized carbons (Fsp3) is 0.238. The number of aromatic nitrogens is 3. The monoisotopic (exact) mass is 439 g/mol. The van der Waals surface area contributed by atoms with Gasteiger partial charge in [-0.3, -0.25) is 5.10 Å². The van der Waals surface area contributed by atoms with Crippen molar-refractivity contribution in [2.75, 3.05) is 38.7 Å². The molecule has 31 heavy (non-hydrogen) atoms. The van der Waals surface area contributed by atoms with E-state index in [1.807, 2.05) is 18.2 Å². The molecule has 160 valence electrons. The fourth-order valence-electron chi connectivity index (χ4n) is 3.70. The first-order valence-electron chi connectivity index (χ1n) is 9.82. The zero-order valence-corrected chi connectivity index (χ0v) is 17.6. The first kappa shape index (κ1) is 19.7. The Bertz CT molecular complexity index is 1360. The van der Waals surface area contributed by atoms with Crippen LogP contribution in [0, 0.1) is 0 Å². The molecule has 2 N–H and O–H groups in total. The highest BCUT2D eigenvalue weighted by Crippen LogP contribution is 2.32. The van der Waals surface area contributed by atoms with Gasteiger partial charge in [0.05, 0.1) is 36.9 Å². The molecule has 0 spiro atoms. The molecule has 10 heteroatoms. The van der Waals surface area contributed by atoms with Gasteiger partial charge in [-0.1, -0.05) is 6.07 Å². The van der Waals surface area contributed by atoms with E-state index >= 15 is 0 Å². The van der Waals surface area contributed by atoms with Crippen molar-refractivity contribution in [1.29, 1.82) is 0 Å². The number of morpholine rings is 1. The predicted octanol–water partition coefficient (Wildman–Crippen LogP) is 2.88. The third-order valence-electron chi connectivity index (χ3n) is 5.31. The Kier molecular flexibility index (Phi) is 4.97. The second-order valence-corrected chi connectivity index (χ2v) is 9.11. The number of pyridine rings is 1.